The minimum absolute atomic E-state index is 0.0276. The summed E-state index contributed by atoms with van der Waals surface area (Å²) < 4.78 is 12.0. The molecule has 0 aromatic carbocycles. The van der Waals surface area contributed by atoms with Crippen LogP contribution >= 0.6 is 0 Å². The molecular formula is C66H104O4. The molecule has 392 valence electrons. The Labute approximate surface area is 431 Å². The van der Waals surface area contributed by atoms with E-state index in [1.165, 1.54) is 147 Å². The minimum Gasteiger partial charge on any atom is -0.462 e. The number of hydrogen-bond donors (Lipinski definition) is 0. The number of esters is 2. The first-order valence-electron chi connectivity index (χ1n) is 28.3. The van der Waals surface area contributed by atoms with Crippen LogP contribution in [0, 0.1) is 10.8 Å². The largest absolute Gasteiger partial charge is 0.462 e. The molecule has 0 N–H and O–H groups in total. The molecule has 0 unspecified atom stereocenters. The molecule has 0 aliphatic heterocycles. The zero-order chi connectivity index (χ0) is 51.6. The summed E-state index contributed by atoms with van der Waals surface area (Å²) in [7, 11) is 0. The van der Waals surface area contributed by atoms with Crippen LogP contribution in [-0.4, -0.2) is 24.1 Å². The van der Waals surface area contributed by atoms with E-state index in [1.807, 2.05) is 0 Å². The highest BCUT2D eigenvalue weighted by Gasteiger charge is 2.35. The van der Waals surface area contributed by atoms with Gasteiger partial charge in [0, 0.05) is 25.7 Å². The van der Waals surface area contributed by atoms with Crippen molar-refractivity contribution in [3.05, 3.63) is 130 Å². The Morgan fingerprint density at radius 2 is 0.729 bits per heavy atom. The monoisotopic (exact) mass is 961 g/mol. The van der Waals surface area contributed by atoms with Crippen molar-refractivity contribution >= 4 is 11.9 Å². The number of allylic oxidation sites excluding steroid dienone is 20. The van der Waals surface area contributed by atoms with E-state index < -0.39 is 0 Å². The third-order valence-corrected chi connectivity index (χ3v) is 14.3. The third-order valence-electron chi connectivity index (χ3n) is 14.3. The lowest BCUT2D eigenvalue weighted by molar-refractivity contribution is -0.151. The normalized spacial score (nSPS) is 19.6. The summed E-state index contributed by atoms with van der Waals surface area (Å²) in [5.74, 6) is -0.0578. The molecule has 0 radical (unpaired) electrons. The second kappa shape index (κ2) is 36.1. The molecule has 0 amide bonds. The molecule has 0 saturated heterocycles. The lowest BCUT2D eigenvalue weighted by atomic mass is 9.71. The summed E-state index contributed by atoms with van der Waals surface area (Å²) in [6, 6.07) is 0. The molecule has 0 saturated carbocycles. The van der Waals surface area contributed by atoms with Gasteiger partial charge in [0.05, 0.1) is 0 Å². The lowest BCUT2D eigenvalue weighted by Crippen LogP contribution is -2.31. The zero-order valence-corrected chi connectivity index (χ0v) is 47.3. The molecule has 2 atom stereocenters. The van der Waals surface area contributed by atoms with Gasteiger partial charge in [-0.2, -0.15) is 0 Å². The van der Waals surface area contributed by atoms with Gasteiger partial charge in [0.1, 0.15) is 12.2 Å². The Balaban J connectivity index is 1.78. The van der Waals surface area contributed by atoms with Gasteiger partial charge in [0.25, 0.3) is 0 Å². The molecule has 0 heterocycles. The van der Waals surface area contributed by atoms with Gasteiger partial charge in [-0.1, -0.05) is 276 Å². The molecule has 0 fully saturated rings. The van der Waals surface area contributed by atoms with E-state index in [2.05, 4.69) is 168 Å². The van der Waals surface area contributed by atoms with E-state index in [9.17, 15) is 9.59 Å². The van der Waals surface area contributed by atoms with Crippen molar-refractivity contribution in [2.75, 3.05) is 0 Å². The van der Waals surface area contributed by atoms with Crippen LogP contribution in [0.25, 0.3) is 0 Å². The molecule has 0 aromatic heterocycles. The summed E-state index contributed by atoms with van der Waals surface area (Å²) in [5.41, 5.74) is 9.97. The average Bonchev–Trinajstić information content (AvgIpc) is 3.28. The maximum Gasteiger partial charge on any atom is 0.306 e. The van der Waals surface area contributed by atoms with Crippen LogP contribution in [0.15, 0.2) is 130 Å². The predicted octanol–water partition coefficient (Wildman–Crippen LogP) is 20.3. The van der Waals surface area contributed by atoms with Crippen LogP contribution < -0.4 is 0 Å². The Bertz CT molecular complexity index is 1890. The molecule has 4 heteroatoms. The Kier molecular flexibility index (Phi) is 32.0. The van der Waals surface area contributed by atoms with Crippen LogP contribution in [-0.2, 0) is 19.1 Å². The first kappa shape index (κ1) is 62.2. The topological polar surface area (TPSA) is 52.6 Å². The van der Waals surface area contributed by atoms with Crippen molar-refractivity contribution in [2.24, 2.45) is 10.8 Å². The SMILES string of the molecule is CCCCCCCCCCCCCC(=O)O[C@@H]1CC(C)=C(/C=C/C(C)=C/C=C/C(C)=C/C=C/C=C(C)/C=C/C=C(C)/C=C/C2=C(C)C[C@@H](OC(=O)CCCCCCCCCCC)CC2(C)C)C(C)(C)C1. The average molecular weight is 962 g/mol. The highest BCUT2D eigenvalue weighted by Crippen LogP contribution is 2.43. The van der Waals surface area contributed by atoms with E-state index in [-0.39, 0.29) is 35.0 Å². The molecule has 2 aliphatic rings. The third kappa shape index (κ3) is 28.2. The lowest BCUT2D eigenvalue weighted by Gasteiger charge is -2.37. The fraction of sp³-hybridized carbons (Fsp3) is 0.636. The van der Waals surface area contributed by atoms with Crippen LogP contribution in [0.3, 0.4) is 0 Å². The highest BCUT2D eigenvalue weighted by atomic mass is 16.5. The summed E-state index contributed by atoms with van der Waals surface area (Å²) >= 11 is 0. The van der Waals surface area contributed by atoms with Crippen LogP contribution in [0.2, 0.25) is 0 Å². The number of ether oxygens (including phenoxy) is 2. The van der Waals surface area contributed by atoms with Gasteiger partial charge in [-0.25, -0.2) is 0 Å². The zero-order valence-electron chi connectivity index (χ0n) is 47.3. The van der Waals surface area contributed by atoms with Crippen molar-refractivity contribution in [1.29, 1.82) is 0 Å². The number of carbonyl (C=O) groups is 2. The summed E-state index contributed by atoms with van der Waals surface area (Å²) in [5, 5.41) is 0. The van der Waals surface area contributed by atoms with Gasteiger partial charge in [0.2, 0.25) is 0 Å². The molecule has 4 nitrogen and oxygen atoms in total. The van der Waals surface area contributed by atoms with Gasteiger partial charge in [-0.3, -0.25) is 9.59 Å². The second-order valence-corrected chi connectivity index (χ2v) is 22.5. The van der Waals surface area contributed by atoms with E-state index in [0.717, 1.165) is 51.4 Å². The molecule has 0 spiro atoms. The smallest absolute Gasteiger partial charge is 0.306 e. The second-order valence-electron chi connectivity index (χ2n) is 22.5. The van der Waals surface area contributed by atoms with Gasteiger partial charge in [-0.05, 0) is 89.2 Å². The van der Waals surface area contributed by atoms with Gasteiger partial charge >= 0.3 is 11.9 Å². The van der Waals surface area contributed by atoms with E-state index in [4.69, 9.17) is 9.47 Å². The summed E-state index contributed by atoms with van der Waals surface area (Å²) in [6.07, 6.45) is 59.9. The predicted molar refractivity (Wildman–Crippen MR) is 305 cm³/mol. The minimum atomic E-state index is -0.0557. The number of carbonyl (C=O) groups excluding carboxylic acids is 2. The van der Waals surface area contributed by atoms with Crippen LogP contribution in [0.1, 0.15) is 250 Å². The fourth-order valence-corrected chi connectivity index (χ4v) is 10.2. The number of unbranched alkanes of at least 4 members (excludes halogenated alkanes) is 18. The molecule has 0 aromatic rings. The molecule has 2 rings (SSSR count). The Morgan fingerprint density at radius 1 is 0.443 bits per heavy atom. The van der Waals surface area contributed by atoms with Crippen molar-refractivity contribution in [3.63, 3.8) is 0 Å². The number of rotatable bonds is 34. The quantitative estimate of drug-likeness (QED) is 0.0366. The molecular weight excluding hydrogens is 857 g/mol. The molecule has 0 bridgehead atoms. The van der Waals surface area contributed by atoms with Crippen LogP contribution in [0.5, 0.6) is 0 Å². The first-order valence-corrected chi connectivity index (χ1v) is 28.3. The van der Waals surface area contributed by atoms with E-state index >= 15 is 0 Å². The van der Waals surface area contributed by atoms with Gasteiger partial charge < -0.3 is 9.47 Å². The summed E-state index contributed by atoms with van der Waals surface area (Å²) in [4.78, 5) is 25.4. The first-order chi connectivity index (χ1) is 33.5. The number of hydrogen-bond acceptors (Lipinski definition) is 4. The van der Waals surface area contributed by atoms with Crippen molar-refractivity contribution < 1.29 is 19.1 Å². The van der Waals surface area contributed by atoms with Gasteiger partial charge in [0.15, 0.2) is 0 Å². The molecule has 70 heavy (non-hydrogen) atoms. The van der Waals surface area contributed by atoms with E-state index in [1.54, 1.807) is 0 Å². The maximum atomic E-state index is 12.7. The van der Waals surface area contributed by atoms with Crippen molar-refractivity contribution in [2.45, 2.75) is 262 Å². The molecule has 2 aliphatic carbocycles. The highest BCUT2D eigenvalue weighted by molar-refractivity contribution is 5.70. The van der Waals surface area contributed by atoms with Crippen LogP contribution in [0.4, 0.5) is 0 Å². The standard InChI is InChI=1S/C66H104O4/c1-13-15-17-19-21-23-24-26-28-30-32-44-64(68)70-60-50-58(8)62(66(11,12)52-60)48-46-56(6)42-36-40-54(4)38-34-33-37-53(3)39-35-41-55(5)45-47-61-57(7)49-59(51-65(61,9)10)69-63(67)43-31-29-27-25-22-20-18-16-14-2/h33-42,45-48,59-60H,13-32,43-44,49-52H2,1-12H3/b34-33+,39-35+,40-36+,47-45+,48-46+,53-37+,54-38+,55-41+,56-42+/t59-,60-/m1/s1. The van der Waals surface area contributed by atoms with Gasteiger partial charge in [-0.15, -0.1) is 0 Å². The van der Waals surface area contributed by atoms with Crippen molar-refractivity contribution in [3.8, 4) is 0 Å². The maximum absolute atomic E-state index is 12.7. The van der Waals surface area contributed by atoms with E-state index in [0.29, 0.717) is 12.8 Å². The Morgan fingerprint density at radius 3 is 1.04 bits per heavy atom. The Hall–Kier alpha value is -3.92. The fourth-order valence-electron chi connectivity index (χ4n) is 10.2. The summed E-state index contributed by atoms with van der Waals surface area (Å²) in [6.45, 7) is 26.6. The van der Waals surface area contributed by atoms with Crippen molar-refractivity contribution in [1.82, 2.24) is 0 Å².